The summed E-state index contributed by atoms with van der Waals surface area (Å²) in [5.74, 6) is 1.40. The molecule has 1 fully saturated rings. The molecule has 2 aliphatic rings. The highest BCUT2D eigenvalue weighted by Crippen LogP contribution is 2.34. The number of nitrogens with zero attached hydrogens (tertiary/aromatic N) is 4. The van der Waals surface area contributed by atoms with Crippen LogP contribution in [0.5, 0.6) is 0 Å². The summed E-state index contributed by atoms with van der Waals surface area (Å²) in [4.78, 5) is 18.0. The molecule has 0 N–H and O–H groups in total. The first kappa shape index (κ1) is 20.7. The van der Waals surface area contributed by atoms with Crippen LogP contribution in [0.4, 0.5) is 5.69 Å². The third-order valence-electron chi connectivity index (χ3n) is 6.60. The molecule has 4 aromatic rings. The molecule has 2 aromatic heterocycles. The average molecular weight is 455 g/mol. The van der Waals surface area contributed by atoms with Gasteiger partial charge in [-0.1, -0.05) is 36.4 Å². The van der Waals surface area contributed by atoms with Crippen molar-refractivity contribution >= 4 is 28.3 Å². The number of furan rings is 2. The van der Waals surface area contributed by atoms with Crippen LogP contribution in [-0.2, 0) is 4.79 Å². The summed E-state index contributed by atoms with van der Waals surface area (Å²) in [5, 5.41) is 7.34. The lowest BCUT2D eigenvalue weighted by Gasteiger charge is -2.36. The van der Waals surface area contributed by atoms with E-state index in [1.165, 1.54) is 5.69 Å². The van der Waals surface area contributed by atoms with E-state index in [1.807, 2.05) is 48.5 Å². The highest BCUT2D eigenvalue weighted by molar-refractivity contribution is 6.03. The van der Waals surface area contributed by atoms with Gasteiger partial charge in [0.15, 0.2) is 5.76 Å². The summed E-state index contributed by atoms with van der Waals surface area (Å²) in [7, 11) is 0. The lowest BCUT2D eigenvalue weighted by molar-refractivity contribution is -0.134. The molecule has 7 nitrogen and oxygen atoms in total. The SMILES string of the molecule is O=C(CN1CCN(c2ccccc2)CC1)N1N=C(c2cc3ccccc3o2)CC1c1ccco1. The molecule has 1 saturated heterocycles. The topological polar surface area (TPSA) is 65.4 Å². The predicted molar refractivity (Wildman–Crippen MR) is 131 cm³/mol. The second-order valence-electron chi connectivity index (χ2n) is 8.77. The second kappa shape index (κ2) is 8.83. The first-order valence-corrected chi connectivity index (χ1v) is 11.7. The minimum Gasteiger partial charge on any atom is -0.467 e. The summed E-state index contributed by atoms with van der Waals surface area (Å²) in [6, 6.07) is 23.8. The number of piperazine rings is 1. The molecule has 0 spiro atoms. The van der Waals surface area contributed by atoms with Gasteiger partial charge in [0, 0.05) is 43.7 Å². The van der Waals surface area contributed by atoms with E-state index in [4.69, 9.17) is 13.9 Å². The zero-order valence-electron chi connectivity index (χ0n) is 18.8. The number of para-hydroxylation sites is 2. The monoisotopic (exact) mass is 454 g/mol. The quantitative estimate of drug-likeness (QED) is 0.443. The van der Waals surface area contributed by atoms with E-state index in [0.29, 0.717) is 18.7 Å². The Labute approximate surface area is 197 Å². The van der Waals surface area contributed by atoms with Crippen LogP contribution in [0.3, 0.4) is 0 Å². The molecule has 0 radical (unpaired) electrons. The number of anilines is 1. The van der Waals surface area contributed by atoms with Crippen LogP contribution < -0.4 is 4.90 Å². The van der Waals surface area contributed by atoms with Crippen molar-refractivity contribution in [3.63, 3.8) is 0 Å². The van der Waals surface area contributed by atoms with E-state index in [1.54, 1.807) is 11.3 Å². The highest BCUT2D eigenvalue weighted by atomic mass is 16.3. The maximum Gasteiger partial charge on any atom is 0.257 e. The standard InChI is InChI=1S/C27H26N4O3/c32-27(19-29-12-14-30(15-13-29)21-8-2-1-3-9-21)31-23(25-11-6-16-33-25)18-22(28-31)26-17-20-7-4-5-10-24(20)34-26/h1-11,16-17,23H,12-15,18-19H2. The Kier molecular flexibility index (Phi) is 5.39. The molecule has 7 heteroatoms. The Bertz CT molecular complexity index is 1270. The first-order chi connectivity index (χ1) is 16.7. The molecule has 1 amide bonds. The average Bonchev–Trinajstić information content (AvgIpc) is 3.64. The smallest absolute Gasteiger partial charge is 0.257 e. The second-order valence-corrected chi connectivity index (χ2v) is 8.77. The lowest BCUT2D eigenvalue weighted by atomic mass is 10.1. The minimum atomic E-state index is -0.267. The fourth-order valence-corrected chi connectivity index (χ4v) is 4.78. The number of fused-ring (bicyclic) bond motifs is 1. The Hall–Kier alpha value is -3.84. The Morgan fingerprint density at radius 1 is 0.941 bits per heavy atom. The van der Waals surface area contributed by atoms with E-state index < -0.39 is 0 Å². The Balaban J connectivity index is 1.18. The fourth-order valence-electron chi connectivity index (χ4n) is 4.78. The van der Waals surface area contributed by atoms with Crippen molar-refractivity contribution in [2.45, 2.75) is 12.5 Å². The van der Waals surface area contributed by atoms with Crippen molar-refractivity contribution in [3.05, 3.63) is 90.6 Å². The number of benzene rings is 2. The summed E-state index contributed by atoms with van der Waals surface area (Å²) in [6.07, 6.45) is 2.20. The van der Waals surface area contributed by atoms with Gasteiger partial charge in [-0.25, -0.2) is 5.01 Å². The van der Waals surface area contributed by atoms with E-state index in [-0.39, 0.29) is 11.9 Å². The lowest BCUT2D eigenvalue weighted by Crippen LogP contribution is -2.49. The van der Waals surface area contributed by atoms with Crippen molar-refractivity contribution in [1.29, 1.82) is 0 Å². The van der Waals surface area contributed by atoms with E-state index in [9.17, 15) is 4.79 Å². The third-order valence-corrected chi connectivity index (χ3v) is 6.60. The molecule has 0 saturated carbocycles. The van der Waals surface area contributed by atoms with Crippen LogP contribution in [0.25, 0.3) is 11.0 Å². The van der Waals surface area contributed by atoms with Crippen LogP contribution >= 0.6 is 0 Å². The third kappa shape index (κ3) is 3.99. The Morgan fingerprint density at radius 3 is 2.50 bits per heavy atom. The van der Waals surface area contributed by atoms with Crippen molar-refractivity contribution in [3.8, 4) is 0 Å². The zero-order chi connectivity index (χ0) is 22.9. The maximum atomic E-state index is 13.4. The number of amides is 1. The van der Waals surface area contributed by atoms with E-state index >= 15 is 0 Å². The molecular formula is C27H26N4O3. The van der Waals surface area contributed by atoms with Crippen LogP contribution in [-0.4, -0.2) is 54.3 Å². The summed E-state index contributed by atoms with van der Waals surface area (Å²) >= 11 is 0. The van der Waals surface area contributed by atoms with Crippen LogP contribution in [0.2, 0.25) is 0 Å². The maximum absolute atomic E-state index is 13.4. The molecule has 0 bridgehead atoms. The molecule has 6 rings (SSSR count). The van der Waals surface area contributed by atoms with Crippen molar-refractivity contribution in [2.75, 3.05) is 37.6 Å². The van der Waals surface area contributed by atoms with Gasteiger partial charge in [-0.15, -0.1) is 0 Å². The largest absolute Gasteiger partial charge is 0.467 e. The van der Waals surface area contributed by atoms with Gasteiger partial charge in [0.25, 0.3) is 5.91 Å². The molecule has 1 unspecified atom stereocenters. The molecular weight excluding hydrogens is 428 g/mol. The molecule has 172 valence electrons. The Morgan fingerprint density at radius 2 is 1.74 bits per heavy atom. The number of hydrazone groups is 1. The van der Waals surface area contributed by atoms with Gasteiger partial charge in [-0.2, -0.15) is 5.10 Å². The number of carbonyl (C=O) groups excluding carboxylic acids is 1. The van der Waals surface area contributed by atoms with Crippen molar-refractivity contribution in [2.24, 2.45) is 5.10 Å². The van der Waals surface area contributed by atoms with Gasteiger partial charge in [0.2, 0.25) is 0 Å². The molecule has 4 heterocycles. The molecule has 1 atom stereocenters. The zero-order valence-corrected chi connectivity index (χ0v) is 18.8. The highest BCUT2D eigenvalue weighted by Gasteiger charge is 2.36. The normalized spacial score (nSPS) is 19.1. The van der Waals surface area contributed by atoms with Gasteiger partial charge in [-0.3, -0.25) is 9.69 Å². The van der Waals surface area contributed by atoms with E-state index in [0.717, 1.165) is 48.6 Å². The van der Waals surface area contributed by atoms with Crippen LogP contribution in [0.1, 0.15) is 24.0 Å². The van der Waals surface area contributed by atoms with Gasteiger partial charge in [-0.05, 0) is 36.4 Å². The van der Waals surface area contributed by atoms with Gasteiger partial charge >= 0.3 is 0 Å². The minimum absolute atomic E-state index is 0.0272. The van der Waals surface area contributed by atoms with Crippen LogP contribution in [0.15, 0.2) is 93.0 Å². The predicted octanol–water partition coefficient (Wildman–Crippen LogP) is 4.53. The molecule has 0 aliphatic carbocycles. The van der Waals surface area contributed by atoms with Gasteiger partial charge < -0.3 is 13.7 Å². The number of carbonyl (C=O) groups is 1. The van der Waals surface area contributed by atoms with Gasteiger partial charge in [0.1, 0.15) is 23.1 Å². The summed E-state index contributed by atoms with van der Waals surface area (Å²) < 4.78 is 11.7. The van der Waals surface area contributed by atoms with Crippen molar-refractivity contribution < 1.29 is 13.6 Å². The summed E-state index contributed by atoms with van der Waals surface area (Å²) in [5.41, 5.74) is 2.81. The number of hydrogen-bond donors (Lipinski definition) is 0. The van der Waals surface area contributed by atoms with Crippen molar-refractivity contribution in [1.82, 2.24) is 9.91 Å². The number of rotatable bonds is 5. The van der Waals surface area contributed by atoms with Gasteiger partial charge in [0.05, 0.1) is 12.8 Å². The fraction of sp³-hybridized carbons (Fsp3) is 0.259. The van der Waals surface area contributed by atoms with E-state index in [2.05, 4.69) is 34.1 Å². The molecule has 2 aliphatic heterocycles. The molecule has 2 aromatic carbocycles. The summed E-state index contributed by atoms with van der Waals surface area (Å²) in [6.45, 7) is 3.79. The number of hydrogen-bond acceptors (Lipinski definition) is 6. The first-order valence-electron chi connectivity index (χ1n) is 11.7. The molecule has 34 heavy (non-hydrogen) atoms. The van der Waals surface area contributed by atoms with Crippen LogP contribution in [0, 0.1) is 0 Å².